The molecule has 3 aromatic rings. The van der Waals surface area contributed by atoms with E-state index in [1.807, 2.05) is 42.5 Å². The van der Waals surface area contributed by atoms with E-state index in [1.165, 1.54) is 0 Å². The molecule has 0 fully saturated rings. The Morgan fingerprint density at radius 2 is 1.77 bits per heavy atom. The molecule has 108 valence electrons. The van der Waals surface area contributed by atoms with Gasteiger partial charge in [-0.1, -0.05) is 30.3 Å². The summed E-state index contributed by atoms with van der Waals surface area (Å²) in [5.74, 6) is -0.185. The largest absolute Gasteiger partial charge is 0.397 e. The van der Waals surface area contributed by atoms with E-state index in [4.69, 9.17) is 5.73 Å². The fraction of sp³-hybridized carbons (Fsp3) is 0. The van der Waals surface area contributed by atoms with Crippen molar-refractivity contribution in [1.82, 2.24) is 4.98 Å². The van der Waals surface area contributed by atoms with Gasteiger partial charge in [0.25, 0.3) is 5.91 Å². The van der Waals surface area contributed by atoms with Crippen LogP contribution in [0.5, 0.6) is 0 Å². The number of carbonyl (C=O) groups excluding carboxylic acids is 1. The Labute approximate surface area is 128 Å². The average molecular weight is 289 g/mol. The van der Waals surface area contributed by atoms with E-state index in [-0.39, 0.29) is 5.91 Å². The molecule has 3 rings (SSSR count). The highest BCUT2D eigenvalue weighted by molar-refractivity contribution is 6.06. The first kappa shape index (κ1) is 13.8. The number of amides is 1. The van der Waals surface area contributed by atoms with Gasteiger partial charge in [-0.05, 0) is 35.9 Å². The fourth-order valence-corrected chi connectivity index (χ4v) is 2.16. The van der Waals surface area contributed by atoms with Crippen LogP contribution in [0.3, 0.4) is 0 Å². The smallest absolute Gasteiger partial charge is 0.255 e. The van der Waals surface area contributed by atoms with E-state index >= 15 is 0 Å². The summed E-state index contributed by atoms with van der Waals surface area (Å²) in [7, 11) is 0. The lowest BCUT2D eigenvalue weighted by Gasteiger charge is -2.10. The van der Waals surface area contributed by atoms with Gasteiger partial charge in [-0.2, -0.15) is 0 Å². The Morgan fingerprint density at radius 1 is 0.955 bits per heavy atom. The van der Waals surface area contributed by atoms with E-state index in [1.54, 1.807) is 30.6 Å². The van der Waals surface area contributed by atoms with Crippen LogP contribution in [0.1, 0.15) is 10.4 Å². The molecule has 1 aromatic heterocycles. The number of hydrogen-bond donors (Lipinski definition) is 2. The Balaban J connectivity index is 1.89. The molecule has 0 aliphatic rings. The van der Waals surface area contributed by atoms with Gasteiger partial charge in [0.2, 0.25) is 0 Å². The summed E-state index contributed by atoms with van der Waals surface area (Å²) in [6.07, 6.45) is 3.49. The lowest BCUT2D eigenvalue weighted by molar-refractivity contribution is 0.102. The number of benzene rings is 2. The summed E-state index contributed by atoms with van der Waals surface area (Å²) in [5, 5.41) is 2.85. The van der Waals surface area contributed by atoms with Gasteiger partial charge in [-0.3, -0.25) is 9.78 Å². The Bertz CT molecular complexity index is 786. The molecule has 1 amide bonds. The number of nitrogens with one attached hydrogen (secondary N) is 1. The zero-order chi connectivity index (χ0) is 15.4. The second-order valence-electron chi connectivity index (χ2n) is 4.86. The van der Waals surface area contributed by atoms with Gasteiger partial charge in [-0.15, -0.1) is 0 Å². The van der Waals surface area contributed by atoms with Gasteiger partial charge >= 0.3 is 0 Å². The van der Waals surface area contributed by atoms with Crippen molar-refractivity contribution in [3.63, 3.8) is 0 Å². The number of anilines is 2. The minimum atomic E-state index is -0.185. The standard InChI is InChI=1S/C18H15N3O/c19-16-9-8-14(15-7-4-10-20-12-15)11-17(16)21-18(22)13-5-2-1-3-6-13/h1-12H,19H2,(H,21,22). The molecule has 0 unspecified atom stereocenters. The van der Waals surface area contributed by atoms with Crippen LogP contribution >= 0.6 is 0 Å². The number of pyridine rings is 1. The molecule has 0 saturated carbocycles. The van der Waals surface area contributed by atoms with E-state index < -0.39 is 0 Å². The Morgan fingerprint density at radius 3 is 2.50 bits per heavy atom. The molecule has 0 aliphatic carbocycles. The first-order chi connectivity index (χ1) is 10.7. The molecule has 4 nitrogen and oxygen atoms in total. The van der Waals surface area contributed by atoms with E-state index in [0.29, 0.717) is 16.9 Å². The molecular weight excluding hydrogens is 274 g/mol. The first-order valence-corrected chi connectivity index (χ1v) is 6.90. The Hall–Kier alpha value is -3.14. The maximum Gasteiger partial charge on any atom is 0.255 e. The quantitative estimate of drug-likeness (QED) is 0.724. The topological polar surface area (TPSA) is 68.0 Å². The monoisotopic (exact) mass is 289 g/mol. The van der Waals surface area contributed by atoms with E-state index in [9.17, 15) is 4.79 Å². The zero-order valence-corrected chi connectivity index (χ0v) is 11.9. The van der Waals surface area contributed by atoms with Crippen LogP contribution in [0.25, 0.3) is 11.1 Å². The van der Waals surface area contributed by atoms with Gasteiger partial charge in [0.15, 0.2) is 0 Å². The van der Waals surface area contributed by atoms with Crippen LogP contribution in [0, 0.1) is 0 Å². The number of rotatable bonds is 3. The summed E-state index contributed by atoms with van der Waals surface area (Å²) >= 11 is 0. The molecule has 4 heteroatoms. The SMILES string of the molecule is Nc1ccc(-c2cccnc2)cc1NC(=O)c1ccccc1. The molecule has 0 radical (unpaired) electrons. The van der Waals surface area contributed by atoms with Gasteiger partial charge in [0.05, 0.1) is 11.4 Å². The van der Waals surface area contributed by atoms with Crippen LogP contribution in [0.4, 0.5) is 11.4 Å². The number of nitrogens with two attached hydrogens (primary N) is 1. The fourth-order valence-electron chi connectivity index (χ4n) is 2.16. The summed E-state index contributed by atoms with van der Waals surface area (Å²) in [5.41, 5.74) is 9.59. The minimum Gasteiger partial charge on any atom is -0.397 e. The van der Waals surface area contributed by atoms with Crippen molar-refractivity contribution in [3.05, 3.63) is 78.6 Å². The molecule has 1 heterocycles. The Kier molecular flexibility index (Phi) is 3.83. The van der Waals surface area contributed by atoms with Crippen molar-refractivity contribution in [3.8, 4) is 11.1 Å². The second-order valence-corrected chi connectivity index (χ2v) is 4.86. The zero-order valence-electron chi connectivity index (χ0n) is 11.9. The third kappa shape index (κ3) is 2.96. The van der Waals surface area contributed by atoms with Crippen LogP contribution in [0.2, 0.25) is 0 Å². The lowest BCUT2D eigenvalue weighted by atomic mass is 10.1. The molecular formula is C18H15N3O. The van der Waals surface area contributed by atoms with Gasteiger partial charge in [0, 0.05) is 23.5 Å². The van der Waals surface area contributed by atoms with Crippen LogP contribution in [0.15, 0.2) is 73.1 Å². The predicted molar refractivity (Wildman–Crippen MR) is 88.5 cm³/mol. The van der Waals surface area contributed by atoms with Gasteiger partial charge in [0.1, 0.15) is 0 Å². The minimum absolute atomic E-state index is 0.185. The first-order valence-electron chi connectivity index (χ1n) is 6.90. The number of aromatic nitrogens is 1. The highest BCUT2D eigenvalue weighted by Crippen LogP contribution is 2.27. The molecule has 2 aromatic carbocycles. The molecule has 0 saturated heterocycles. The van der Waals surface area contributed by atoms with Crippen molar-refractivity contribution < 1.29 is 4.79 Å². The van der Waals surface area contributed by atoms with Crippen molar-refractivity contribution in [1.29, 1.82) is 0 Å². The normalized spacial score (nSPS) is 10.2. The molecule has 0 spiro atoms. The molecule has 0 atom stereocenters. The van der Waals surface area contributed by atoms with Crippen LogP contribution < -0.4 is 11.1 Å². The summed E-state index contributed by atoms with van der Waals surface area (Å²) in [6.45, 7) is 0. The predicted octanol–water partition coefficient (Wildman–Crippen LogP) is 3.58. The maximum absolute atomic E-state index is 12.2. The van der Waals surface area contributed by atoms with E-state index in [0.717, 1.165) is 11.1 Å². The second kappa shape index (κ2) is 6.10. The van der Waals surface area contributed by atoms with Gasteiger partial charge < -0.3 is 11.1 Å². The molecule has 3 N–H and O–H groups in total. The van der Waals surface area contributed by atoms with Crippen LogP contribution in [-0.2, 0) is 0 Å². The number of nitrogens with zero attached hydrogens (tertiary/aromatic N) is 1. The van der Waals surface area contributed by atoms with Crippen LogP contribution in [-0.4, -0.2) is 10.9 Å². The number of nitrogen functional groups attached to an aromatic ring is 1. The number of carbonyl (C=O) groups is 1. The molecule has 0 bridgehead atoms. The van der Waals surface area contributed by atoms with Crippen molar-refractivity contribution in [2.24, 2.45) is 0 Å². The maximum atomic E-state index is 12.2. The van der Waals surface area contributed by atoms with E-state index in [2.05, 4.69) is 10.3 Å². The third-order valence-corrected chi connectivity index (χ3v) is 3.33. The average Bonchev–Trinajstić information content (AvgIpc) is 2.58. The van der Waals surface area contributed by atoms with Crippen molar-refractivity contribution in [2.75, 3.05) is 11.1 Å². The molecule has 0 aliphatic heterocycles. The number of hydrogen-bond acceptors (Lipinski definition) is 3. The highest BCUT2D eigenvalue weighted by Gasteiger charge is 2.09. The molecule has 22 heavy (non-hydrogen) atoms. The summed E-state index contributed by atoms with van der Waals surface area (Å²) in [6, 6.07) is 18.4. The van der Waals surface area contributed by atoms with Gasteiger partial charge in [-0.25, -0.2) is 0 Å². The summed E-state index contributed by atoms with van der Waals surface area (Å²) < 4.78 is 0. The highest BCUT2D eigenvalue weighted by atomic mass is 16.1. The van der Waals surface area contributed by atoms with Crippen molar-refractivity contribution in [2.45, 2.75) is 0 Å². The lowest BCUT2D eigenvalue weighted by Crippen LogP contribution is -2.13. The summed E-state index contributed by atoms with van der Waals surface area (Å²) in [4.78, 5) is 16.3. The third-order valence-electron chi connectivity index (χ3n) is 3.33. The van der Waals surface area contributed by atoms with Crippen molar-refractivity contribution >= 4 is 17.3 Å².